The highest BCUT2D eigenvalue weighted by Crippen LogP contribution is 2.34. The molecule has 2 amide bonds. The number of fused-ring (bicyclic) bond motifs is 1. The van der Waals surface area contributed by atoms with Crippen molar-refractivity contribution in [1.82, 2.24) is 0 Å². The van der Waals surface area contributed by atoms with E-state index in [2.05, 4.69) is 5.32 Å². The van der Waals surface area contributed by atoms with E-state index in [4.69, 9.17) is 39.5 Å². The lowest BCUT2D eigenvalue weighted by Gasteiger charge is -2.29. The number of rotatable bonds is 3. The molecular formula is C16H11Cl3N2O3. The Labute approximate surface area is 153 Å². The first kappa shape index (κ1) is 16.9. The van der Waals surface area contributed by atoms with E-state index in [0.717, 1.165) is 0 Å². The minimum absolute atomic E-state index is 0.0751. The fraction of sp³-hybridized carbons (Fsp3) is 0.125. The van der Waals surface area contributed by atoms with E-state index in [-0.39, 0.29) is 40.8 Å². The largest absolute Gasteiger partial charge is 0.482 e. The van der Waals surface area contributed by atoms with Gasteiger partial charge in [-0.05, 0) is 18.2 Å². The van der Waals surface area contributed by atoms with Crippen LogP contribution >= 0.6 is 34.8 Å². The highest BCUT2D eigenvalue weighted by atomic mass is 35.5. The Bertz CT molecular complexity index is 826. The summed E-state index contributed by atoms with van der Waals surface area (Å²) in [6, 6.07) is 9.92. The van der Waals surface area contributed by atoms with Crippen LogP contribution < -0.4 is 15.0 Å². The van der Waals surface area contributed by atoms with E-state index >= 15 is 0 Å². The Morgan fingerprint density at radius 1 is 1.12 bits per heavy atom. The smallest absolute Gasteiger partial charge is 0.265 e. The zero-order valence-electron chi connectivity index (χ0n) is 12.2. The molecule has 0 saturated carbocycles. The van der Waals surface area contributed by atoms with Crippen LogP contribution in [0.5, 0.6) is 5.75 Å². The average molecular weight is 386 g/mol. The normalized spacial score (nSPS) is 13.3. The Kier molecular flexibility index (Phi) is 4.85. The van der Waals surface area contributed by atoms with Gasteiger partial charge in [0.25, 0.3) is 5.91 Å². The first-order valence-electron chi connectivity index (χ1n) is 6.92. The molecule has 0 aliphatic carbocycles. The van der Waals surface area contributed by atoms with Crippen molar-refractivity contribution in [2.45, 2.75) is 0 Å². The standard InChI is InChI=1S/C16H11Cl3N2O3/c17-9-5-11(19)14(6-10(9)18)24-8-16(23)21-7-15(22)20-12-3-1-2-4-13(12)21/h1-6H,7-8H2,(H,20,22). The number of carbonyl (C=O) groups excluding carboxylic acids is 2. The average Bonchev–Trinajstić information content (AvgIpc) is 2.55. The Balaban J connectivity index is 1.76. The SMILES string of the molecule is O=C1CN(C(=O)COc2cc(Cl)c(Cl)cc2Cl)c2ccccc2N1. The molecule has 0 bridgehead atoms. The molecule has 0 spiro atoms. The second-order valence-corrected chi connectivity index (χ2v) is 6.25. The predicted molar refractivity (Wildman–Crippen MR) is 94.4 cm³/mol. The van der Waals surface area contributed by atoms with Gasteiger partial charge in [0, 0.05) is 6.07 Å². The Hall–Kier alpha value is -1.95. The molecule has 0 atom stereocenters. The summed E-state index contributed by atoms with van der Waals surface area (Å²) in [5.74, 6) is -0.400. The van der Waals surface area contributed by atoms with E-state index in [0.29, 0.717) is 16.4 Å². The van der Waals surface area contributed by atoms with Crippen molar-refractivity contribution < 1.29 is 14.3 Å². The number of amides is 2. The lowest BCUT2D eigenvalue weighted by Crippen LogP contribution is -2.44. The number of benzene rings is 2. The van der Waals surface area contributed by atoms with Crippen LogP contribution in [0.3, 0.4) is 0 Å². The molecule has 2 aromatic carbocycles. The van der Waals surface area contributed by atoms with Gasteiger partial charge < -0.3 is 10.1 Å². The monoisotopic (exact) mass is 384 g/mol. The quantitative estimate of drug-likeness (QED) is 0.812. The molecule has 1 N–H and O–H groups in total. The van der Waals surface area contributed by atoms with Crippen LogP contribution in [0.1, 0.15) is 0 Å². The number of carbonyl (C=O) groups is 2. The maximum absolute atomic E-state index is 12.5. The fourth-order valence-corrected chi connectivity index (χ4v) is 2.88. The van der Waals surface area contributed by atoms with Crippen LogP contribution in [0, 0.1) is 0 Å². The van der Waals surface area contributed by atoms with Gasteiger partial charge >= 0.3 is 0 Å². The highest BCUT2D eigenvalue weighted by Gasteiger charge is 2.27. The van der Waals surface area contributed by atoms with Crippen LogP contribution in [-0.4, -0.2) is 25.0 Å². The number of nitrogens with zero attached hydrogens (tertiary/aromatic N) is 1. The maximum atomic E-state index is 12.5. The van der Waals surface area contributed by atoms with Crippen LogP contribution in [0.4, 0.5) is 11.4 Å². The predicted octanol–water partition coefficient (Wildman–Crippen LogP) is 4.01. The van der Waals surface area contributed by atoms with Crippen molar-refractivity contribution in [3.63, 3.8) is 0 Å². The van der Waals surface area contributed by atoms with E-state index in [9.17, 15) is 9.59 Å². The summed E-state index contributed by atoms with van der Waals surface area (Å²) in [7, 11) is 0. The topological polar surface area (TPSA) is 58.6 Å². The summed E-state index contributed by atoms with van der Waals surface area (Å²) < 4.78 is 5.44. The van der Waals surface area contributed by atoms with E-state index in [1.807, 2.05) is 0 Å². The minimum atomic E-state index is -0.376. The summed E-state index contributed by atoms with van der Waals surface area (Å²) in [5, 5.41) is 3.52. The van der Waals surface area contributed by atoms with Gasteiger partial charge in [0.15, 0.2) is 6.61 Å². The van der Waals surface area contributed by atoms with Gasteiger partial charge in [-0.2, -0.15) is 0 Å². The number of ether oxygens (including phenoxy) is 1. The van der Waals surface area contributed by atoms with Gasteiger partial charge in [-0.1, -0.05) is 46.9 Å². The summed E-state index contributed by atoms with van der Waals surface area (Å²) in [4.78, 5) is 25.6. The number of anilines is 2. The van der Waals surface area contributed by atoms with Crippen molar-refractivity contribution in [3.8, 4) is 5.75 Å². The van der Waals surface area contributed by atoms with Crippen molar-refractivity contribution in [3.05, 3.63) is 51.5 Å². The second kappa shape index (κ2) is 6.89. The molecule has 1 heterocycles. The number of hydrogen-bond acceptors (Lipinski definition) is 3. The molecule has 0 aromatic heterocycles. The van der Waals surface area contributed by atoms with Gasteiger partial charge in [-0.25, -0.2) is 0 Å². The van der Waals surface area contributed by atoms with Gasteiger partial charge in [0.2, 0.25) is 5.91 Å². The van der Waals surface area contributed by atoms with E-state index in [1.54, 1.807) is 24.3 Å². The lowest BCUT2D eigenvalue weighted by atomic mass is 10.2. The first-order chi connectivity index (χ1) is 11.5. The van der Waals surface area contributed by atoms with E-state index < -0.39 is 0 Å². The fourth-order valence-electron chi connectivity index (χ4n) is 2.29. The molecule has 2 aromatic rings. The van der Waals surface area contributed by atoms with Crippen LogP contribution in [-0.2, 0) is 9.59 Å². The van der Waals surface area contributed by atoms with Crippen LogP contribution in [0.15, 0.2) is 36.4 Å². The summed E-state index contributed by atoms with van der Waals surface area (Å²) in [6.07, 6.45) is 0. The molecule has 24 heavy (non-hydrogen) atoms. The number of hydrogen-bond donors (Lipinski definition) is 1. The number of para-hydroxylation sites is 2. The second-order valence-electron chi connectivity index (χ2n) is 5.03. The summed E-state index contributed by atoms with van der Waals surface area (Å²) in [6.45, 7) is -0.367. The molecule has 3 rings (SSSR count). The number of nitrogens with one attached hydrogen (secondary N) is 1. The minimum Gasteiger partial charge on any atom is -0.482 e. The van der Waals surface area contributed by atoms with E-state index in [1.165, 1.54) is 17.0 Å². The number of halogens is 3. The molecule has 1 aliphatic rings. The van der Waals surface area contributed by atoms with Gasteiger partial charge in [-0.3, -0.25) is 14.5 Å². The summed E-state index contributed by atoms with van der Waals surface area (Å²) in [5.41, 5.74) is 1.20. The molecule has 0 fully saturated rings. The molecule has 124 valence electrons. The Morgan fingerprint density at radius 3 is 2.62 bits per heavy atom. The zero-order valence-corrected chi connectivity index (χ0v) is 14.5. The third-order valence-electron chi connectivity index (χ3n) is 3.40. The van der Waals surface area contributed by atoms with Crippen molar-refractivity contribution in [2.24, 2.45) is 0 Å². The van der Waals surface area contributed by atoms with Crippen molar-refractivity contribution in [1.29, 1.82) is 0 Å². The van der Waals surface area contributed by atoms with Gasteiger partial charge in [0.1, 0.15) is 12.3 Å². The third-order valence-corrected chi connectivity index (χ3v) is 4.42. The van der Waals surface area contributed by atoms with Gasteiger partial charge in [0.05, 0.1) is 26.4 Å². The third kappa shape index (κ3) is 3.43. The van der Waals surface area contributed by atoms with Crippen molar-refractivity contribution in [2.75, 3.05) is 23.4 Å². The lowest BCUT2D eigenvalue weighted by molar-refractivity contribution is -0.123. The molecule has 0 unspecified atom stereocenters. The molecule has 0 saturated heterocycles. The zero-order chi connectivity index (χ0) is 17.3. The van der Waals surface area contributed by atoms with Crippen LogP contribution in [0.2, 0.25) is 15.1 Å². The van der Waals surface area contributed by atoms with Crippen molar-refractivity contribution >= 4 is 58.0 Å². The summed E-state index contributed by atoms with van der Waals surface area (Å²) >= 11 is 17.8. The molecule has 5 nitrogen and oxygen atoms in total. The highest BCUT2D eigenvalue weighted by molar-refractivity contribution is 6.43. The van der Waals surface area contributed by atoms with Gasteiger partial charge in [-0.15, -0.1) is 0 Å². The maximum Gasteiger partial charge on any atom is 0.265 e. The molecular weight excluding hydrogens is 375 g/mol. The molecule has 8 heteroatoms. The molecule has 0 radical (unpaired) electrons. The Morgan fingerprint density at radius 2 is 1.83 bits per heavy atom. The molecule has 1 aliphatic heterocycles. The van der Waals surface area contributed by atoms with Crippen LogP contribution in [0.25, 0.3) is 0 Å². The first-order valence-corrected chi connectivity index (χ1v) is 8.05.